The summed E-state index contributed by atoms with van der Waals surface area (Å²) in [4.78, 5) is 29.2. The van der Waals surface area contributed by atoms with Gasteiger partial charge in [0.05, 0.1) is 30.2 Å². The summed E-state index contributed by atoms with van der Waals surface area (Å²) in [6.07, 6.45) is 0.0701. The van der Waals surface area contributed by atoms with Gasteiger partial charge in [0, 0.05) is 26.2 Å². The molecule has 2 aliphatic rings. The van der Waals surface area contributed by atoms with Crippen molar-refractivity contribution in [3.8, 4) is 5.75 Å². The third-order valence-corrected chi connectivity index (χ3v) is 8.17. The Balaban J connectivity index is 1.48. The molecule has 0 radical (unpaired) electrons. The molecule has 1 unspecified atom stereocenters. The number of hydrogen-bond donors (Lipinski definition) is 0. The number of methoxy groups -OCH3 is 1. The Kier molecular flexibility index (Phi) is 6.07. The molecule has 0 N–H and O–H groups in total. The van der Waals surface area contributed by atoms with E-state index in [1.54, 1.807) is 43.3 Å². The van der Waals surface area contributed by atoms with Gasteiger partial charge in [0.25, 0.3) is 5.91 Å². The third-order valence-electron chi connectivity index (χ3n) is 6.11. The molecule has 2 heterocycles. The Hall–Kier alpha value is -2.75. The van der Waals surface area contributed by atoms with Crippen LogP contribution in [0.25, 0.3) is 0 Å². The maximum absolute atomic E-state index is 13.1. The van der Waals surface area contributed by atoms with Gasteiger partial charge in [-0.25, -0.2) is 13.3 Å². The van der Waals surface area contributed by atoms with Gasteiger partial charge in [-0.3, -0.25) is 14.5 Å². The second kappa shape index (κ2) is 8.65. The number of carbonyl (C=O) groups is 2. The Morgan fingerprint density at radius 2 is 1.66 bits per heavy atom. The first-order chi connectivity index (χ1) is 15.2. The fourth-order valence-electron chi connectivity index (χ4n) is 4.45. The van der Waals surface area contributed by atoms with Crippen LogP contribution in [0.2, 0.25) is 0 Å². The SMILES string of the molecule is COc1ccccc1N1C(=O)CC(N2CCN(S(=O)(=O)c3ccc(C)cc3C)CC2)C1=O. The van der Waals surface area contributed by atoms with Crippen LogP contribution in [-0.4, -0.2) is 68.8 Å². The molecule has 0 bridgehead atoms. The predicted molar refractivity (Wildman–Crippen MR) is 120 cm³/mol. The molecule has 0 spiro atoms. The van der Waals surface area contributed by atoms with Gasteiger partial charge in [-0.05, 0) is 37.6 Å². The van der Waals surface area contributed by atoms with Crippen molar-refractivity contribution in [1.29, 1.82) is 0 Å². The second-order valence-electron chi connectivity index (χ2n) is 8.17. The lowest BCUT2D eigenvalue weighted by Gasteiger charge is -2.36. The van der Waals surface area contributed by atoms with E-state index in [9.17, 15) is 18.0 Å². The van der Waals surface area contributed by atoms with Crippen molar-refractivity contribution in [1.82, 2.24) is 9.21 Å². The Labute approximate surface area is 188 Å². The summed E-state index contributed by atoms with van der Waals surface area (Å²) in [6.45, 7) is 5.02. The fraction of sp³-hybridized carbons (Fsp3) is 0.391. The number of piperazine rings is 1. The molecule has 0 aliphatic carbocycles. The van der Waals surface area contributed by atoms with Crippen LogP contribution < -0.4 is 9.64 Å². The molecule has 2 amide bonds. The van der Waals surface area contributed by atoms with E-state index in [0.717, 1.165) is 11.1 Å². The van der Waals surface area contributed by atoms with Gasteiger partial charge in [-0.2, -0.15) is 4.31 Å². The number of aryl methyl sites for hydroxylation is 2. The number of sulfonamides is 1. The number of imide groups is 1. The summed E-state index contributed by atoms with van der Waals surface area (Å²) in [6, 6.07) is 11.6. The van der Waals surface area contributed by atoms with Gasteiger partial charge in [-0.15, -0.1) is 0 Å². The first-order valence-corrected chi connectivity index (χ1v) is 12.0. The van der Waals surface area contributed by atoms with E-state index in [1.807, 2.05) is 17.9 Å². The van der Waals surface area contributed by atoms with E-state index in [0.29, 0.717) is 29.4 Å². The van der Waals surface area contributed by atoms with Crippen molar-refractivity contribution in [2.24, 2.45) is 0 Å². The largest absolute Gasteiger partial charge is 0.495 e. The number of ether oxygens (including phenoxy) is 1. The minimum Gasteiger partial charge on any atom is -0.495 e. The minimum absolute atomic E-state index is 0.0701. The minimum atomic E-state index is -3.62. The van der Waals surface area contributed by atoms with Crippen LogP contribution in [-0.2, 0) is 19.6 Å². The highest BCUT2D eigenvalue weighted by Crippen LogP contribution is 2.33. The van der Waals surface area contributed by atoms with Crippen molar-refractivity contribution in [2.45, 2.75) is 31.2 Å². The summed E-state index contributed by atoms with van der Waals surface area (Å²) in [7, 11) is -2.12. The van der Waals surface area contributed by atoms with Gasteiger partial charge < -0.3 is 4.74 Å². The van der Waals surface area contributed by atoms with Crippen molar-refractivity contribution in [3.05, 3.63) is 53.6 Å². The average Bonchev–Trinajstić information content (AvgIpc) is 3.07. The lowest BCUT2D eigenvalue weighted by molar-refractivity contribution is -0.123. The average molecular weight is 458 g/mol. The highest BCUT2D eigenvalue weighted by molar-refractivity contribution is 7.89. The first kappa shape index (κ1) is 22.4. The molecule has 0 aromatic heterocycles. The monoisotopic (exact) mass is 457 g/mol. The number of carbonyl (C=O) groups excluding carboxylic acids is 2. The van der Waals surface area contributed by atoms with E-state index in [-0.39, 0.29) is 31.3 Å². The van der Waals surface area contributed by atoms with Gasteiger partial charge in [0.2, 0.25) is 15.9 Å². The van der Waals surface area contributed by atoms with Crippen LogP contribution in [0.3, 0.4) is 0 Å². The molecule has 1 atom stereocenters. The van der Waals surface area contributed by atoms with Crippen molar-refractivity contribution >= 4 is 27.5 Å². The fourth-order valence-corrected chi connectivity index (χ4v) is 6.08. The quantitative estimate of drug-likeness (QED) is 0.638. The van der Waals surface area contributed by atoms with Crippen LogP contribution in [0.1, 0.15) is 17.5 Å². The molecule has 0 saturated carbocycles. The Morgan fingerprint density at radius 1 is 0.969 bits per heavy atom. The summed E-state index contributed by atoms with van der Waals surface area (Å²) < 4.78 is 33.0. The van der Waals surface area contributed by atoms with E-state index in [4.69, 9.17) is 4.74 Å². The summed E-state index contributed by atoms with van der Waals surface area (Å²) in [5.74, 6) is -0.126. The van der Waals surface area contributed by atoms with Crippen molar-refractivity contribution in [3.63, 3.8) is 0 Å². The van der Waals surface area contributed by atoms with E-state index >= 15 is 0 Å². The normalized spacial score (nSPS) is 20.7. The number of anilines is 1. The lowest BCUT2D eigenvalue weighted by atomic mass is 10.2. The summed E-state index contributed by atoms with van der Waals surface area (Å²) >= 11 is 0. The molecule has 2 aliphatic heterocycles. The summed E-state index contributed by atoms with van der Waals surface area (Å²) in [5.41, 5.74) is 2.16. The number of rotatable bonds is 5. The molecule has 170 valence electrons. The molecule has 9 heteroatoms. The molecule has 8 nitrogen and oxygen atoms in total. The van der Waals surface area contributed by atoms with Crippen molar-refractivity contribution < 1.29 is 22.7 Å². The lowest BCUT2D eigenvalue weighted by Crippen LogP contribution is -2.53. The van der Waals surface area contributed by atoms with Crippen LogP contribution in [0.4, 0.5) is 5.69 Å². The maximum atomic E-state index is 13.1. The number of nitrogens with zero attached hydrogens (tertiary/aromatic N) is 3. The highest BCUT2D eigenvalue weighted by atomic mass is 32.2. The second-order valence-corrected chi connectivity index (χ2v) is 10.1. The molecule has 32 heavy (non-hydrogen) atoms. The molecule has 2 fully saturated rings. The molecular weight excluding hydrogens is 430 g/mol. The smallest absolute Gasteiger partial charge is 0.251 e. The number of amides is 2. The van der Waals surface area contributed by atoms with Gasteiger partial charge in [0.1, 0.15) is 5.75 Å². The zero-order valence-corrected chi connectivity index (χ0v) is 19.3. The van der Waals surface area contributed by atoms with Gasteiger partial charge in [-0.1, -0.05) is 29.8 Å². The van der Waals surface area contributed by atoms with E-state index in [1.165, 1.54) is 16.3 Å². The van der Waals surface area contributed by atoms with E-state index in [2.05, 4.69) is 0 Å². The van der Waals surface area contributed by atoms with Crippen LogP contribution >= 0.6 is 0 Å². The summed E-state index contributed by atoms with van der Waals surface area (Å²) in [5, 5.41) is 0. The standard InChI is InChI=1S/C23H27N3O5S/c1-16-8-9-21(17(2)14-16)32(29,30)25-12-10-24(11-13-25)19-15-22(27)26(23(19)28)18-6-4-5-7-20(18)31-3/h4-9,14,19H,10-13,15H2,1-3H3. The third kappa shape index (κ3) is 3.92. The van der Waals surface area contributed by atoms with E-state index < -0.39 is 16.1 Å². The number of hydrogen-bond acceptors (Lipinski definition) is 6. The zero-order chi connectivity index (χ0) is 23.0. The van der Waals surface area contributed by atoms with Crippen LogP contribution in [0.5, 0.6) is 5.75 Å². The predicted octanol–water partition coefficient (Wildman–Crippen LogP) is 1.95. The molecule has 2 aromatic carbocycles. The number of para-hydroxylation sites is 2. The molecule has 2 saturated heterocycles. The number of benzene rings is 2. The zero-order valence-electron chi connectivity index (χ0n) is 18.4. The molecular formula is C23H27N3O5S. The first-order valence-electron chi connectivity index (χ1n) is 10.6. The van der Waals surface area contributed by atoms with Crippen LogP contribution in [0, 0.1) is 13.8 Å². The topological polar surface area (TPSA) is 87.2 Å². The van der Waals surface area contributed by atoms with Crippen molar-refractivity contribution in [2.75, 3.05) is 38.2 Å². The van der Waals surface area contributed by atoms with Gasteiger partial charge in [0.15, 0.2) is 0 Å². The Bertz CT molecular complexity index is 1160. The highest BCUT2D eigenvalue weighted by Gasteiger charge is 2.45. The molecule has 2 aromatic rings. The maximum Gasteiger partial charge on any atom is 0.251 e. The Morgan fingerprint density at radius 3 is 2.31 bits per heavy atom. The van der Waals surface area contributed by atoms with Crippen LogP contribution in [0.15, 0.2) is 47.4 Å². The molecule has 4 rings (SSSR count). The van der Waals surface area contributed by atoms with Gasteiger partial charge >= 0.3 is 0 Å².